The molecule has 0 aromatic heterocycles. The quantitative estimate of drug-likeness (QED) is 0.757. The van der Waals surface area contributed by atoms with Crippen molar-refractivity contribution in [3.63, 3.8) is 0 Å². The maximum atomic E-state index is 12.2. The van der Waals surface area contributed by atoms with Crippen molar-refractivity contribution in [2.75, 3.05) is 62.0 Å². The van der Waals surface area contributed by atoms with Crippen LogP contribution in [-0.2, 0) is 9.53 Å². The molecule has 0 radical (unpaired) electrons. The zero-order valence-corrected chi connectivity index (χ0v) is 16.1. The van der Waals surface area contributed by atoms with Gasteiger partial charge in [-0.15, -0.1) is 0 Å². The van der Waals surface area contributed by atoms with Crippen LogP contribution < -0.4 is 15.5 Å². The number of fused-ring (bicyclic) bond motifs is 1. The van der Waals surface area contributed by atoms with Crippen molar-refractivity contribution >= 4 is 28.5 Å². The normalized spacial score (nSPS) is 18.2. The molecule has 146 valence electrons. The molecule has 28 heavy (non-hydrogen) atoms. The van der Waals surface area contributed by atoms with Crippen LogP contribution in [0.2, 0.25) is 0 Å². The molecule has 0 unspecified atom stereocenters. The van der Waals surface area contributed by atoms with E-state index in [0.29, 0.717) is 5.57 Å². The second-order valence-electron chi connectivity index (χ2n) is 7.07. The van der Waals surface area contributed by atoms with Crippen molar-refractivity contribution in [3.8, 4) is 0 Å². The van der Waals surface area contributed by atoms with E-state index in [-0.39, 0.29) is 5.91 Å². The van der Waals surface area contributed by atoms with Gasteiger partial charge in [0.1, 0.15) is 0 Å². The molecule has 6 heteroatoms. The van der Waals surface area contributed by atoms with Gasteiger partial charge < -0.3 is 20.3 Å². The lowest BCUT2D eigenvalue weighted by atomic mass is 10.1. The molecule has 2 heterocycles. The van der Waals surface area contributed by atoms with E-state index in [4.69, 9.17) is 4.74 Å². The number of nitrogens with one attached hydrogen (secondary N) is 2. The molecule has 6 nitrogen and oxygen atoms in total. The van der Waals surface area contributed by atoms with Crippen molar-refractivity contribution in [1.82, 2.24) is 4.90 Å². The van der Waals surface area contributed by atoms with Crippen LogP contribution in [0.4, 0.5) is 17.1 Å². The molecular formula is C22H26N4O2. The topological polar surface area (TPSA) is 56.8 Å². The summed E-state index contributed by atoms with van der Waals surface area (Å²) in [5, 5.41) is 6.14. The van der Waals surface area contributed by atoms with E-state index in [0.717, 1.165) is 56.3 Å². The average Bonchev–Trinajstić information content (AvgIpc) is 3.06. The highest BCUT2D eigenvalue weighted by atomic mass is 16.5. The fourth-order valence-corrected chi connectivity index (χ4v) is 3.66. The molecular weight excluding hydrogens is 352 g/mol. The lowest BCUT2D eigenvalue weighted by Crippen LogP contribution is -2.47. The molecule has 0 atom stereocenters. The van der Waals surface area contributed by atoms with E-state index in [1.54, 1.807) is 13.3 Å². The lowest BCUT2D eigenvalue weighted by Gasteiger charge is -2.36. The molecule has 2 aromatic carbocycles. The van der Waals surface area contributed by atoms with Gasteiger partial charge in [0.05, 0.1) is 12.2 Å². The first-order chi connectivity index (χ1) is 13.7. The number of amides is 1. The largest absolute Gasteiger partial charge is 0.383 e. The molecule has 0 spiro atoms. The molecule has 0 aliphatic carbocycles. The molecule has 0 bridgehead atoms. The number of piperazine rings is 1. The molecule has 2 aromatic rings. The van der Waals surface area contributed by atoms with Crippen LogP contribution in [0.25, 0.3) is 5.57 Å². The summed E-state index contributed by atoms with van der Waals surface area (Å²) < 4.78 is 5.16. The number of methoxy groups -OCH3 is 1. The smallest absolute Gasteiger partial charge is 0.257 e. The summed E-state index contributed by atoms with van der Waals surface area (Å²) in [4.78, 5) is 17.0. The molecule has 2 N–H and O–H groups in total. The van der Waals surface area contributed by atoms with Crippen LogP contribution in [0.15, 0.2) is 54.7 Å². The standard InChI is InChI=1S/C22H26N4O2/c1-28-15-14-25-10-12-26(13-11-25)18-8-6-17(7-9-18)23-16-20-19-4-2-3-5-21(19)24-22(20)27/h2-9,16,23H,10-15H2,1H3,(H,24,27)/b20-16+. The lowest BCUT2D eigenvalue weighted by molar-refractivity contribution is -0.110. The van der Waals surface area contributed by atoms with Crippen LogP contribution >= 0.6 is 0 Å². The number of carbonyl (C=O) groups is 1. The molecule has 1 fully saturated rings. The Morgan fingerprint density at radius 3 is 2.57 bits per heavy atom. The molecule has 2 aliphatic rings. The SMILES string of the molecule is COCCN1CCN(c2ccc(N/C=C3/C(=O)Nc4ccccc43)cc2)CC1. The minimum atomic E-state index is -0.0725. The first kappa shape index (κ1) is 18.5. The van der Waals surface area contributed by atoms with Crippen molar-refractivity contribution in [2.24, 2.45) is 0 Å². The molecule has 0 saturated carbocycles. The third-order valence-electron chi connectivity index (χ3n) is 5.31. The predicted octanol–water partition coefficient (Wildman–Crippen LogP) is 2.86. The summed E-state index contributed by atoms with van der Waals surface area (Å²) in [6, 6.07) is 16.1. The zero-order valence-electron chi connectivity index (χ0n) is 16.1. The molecule has 1 amide bonds. The van der Waals surface area contributed by atoms with Gasteiger partial charge in [0, 0.05) is 68.7 Å². The predicted molar refractivity (Wildman–Crippen MR) is 114 cm³/mol. The van der Waals surface area contributed by atoms with E-state index in [1.807, 2.05) is 24.3 Å². The number of ether oxygens (including phenoxy) is 1. The van der Waals surface area contributed by atoms with Crippen LogP contribution in [-0.4, -0.2) is 57.2 Å². The number of carbonyl (C=O) groups excluding carboxylic acids is 1. The van der Waals surface area contributed by atoms with Gasteiger partial charge in [0.15, 0.2) is 0 Å². The fraction of sp³-hybridized carbons (Fsp3) is 0.318. The number of nitrogens with zero attached hydrogens (tertiary/aromatic N) is 2. The summed E-state index contributed by atoms with van der Waals surface area (Å²) in [6.07, 6.45) is 1.78. The minimum absolute atomic E-state index is 0.0725. The minimum Gasteiger partial charge on any atom is -0.383 e. The van der Waals surface area contributed by atoms with E-state index in [2.05, 4.69) is 44.7 Å². The summed E-state index contributed by atoms with van der Waals surface area (Å²) in [5.74, 6) is -0.0725. The number of rotatable bonds is 6. The Kier molecular flexibility index (Phi) is 5.60. The van der Waals surface area contributed by atoms with Crippen LogP contribution in [0.3, 0.4) is 0 Å². The summed E-state index contributed by atoms with van der Waals surface area (Å²) >= 11 is 0. The number of anilines is 3. The second-order valence-corrected chi connectivity index (χ2v) is 7.07. The number of para-hydroxylation sites is 1. The number of benzene rings is 2. The highest BCUT2D eigenvalue weighted by Crippen LogP contribution is 2.31. The maximum Gasteiger partial charge on any atom is 0.257 e. The van der Waals surface area contributed by atoms with Gasteiger partial charge in [-0.05, 0) is 30.3 Å². The van der Waals surface area contributed by atoms with Crippen LogP contribution in [0, 0.1) is 0 Å². The van der Waals surface area contributed by atoms with Crippen molar-refractivity contribution in [3.05, 3.63) is 60.3 Å². The van der Waals surface area contributed by atoms with Crippen LogP contribution in [0.1, 0.15) is 5.56 Å². The zero-order chi connectivity index (χ0) is 19.3. The highest BCUT2D eigenvalue weighted by molar-refractivity contribution is 6.31. The van der Waals surface area contributed by atoms with Crippen LogP contribution in [0.5, 0.6) is 0 Å². The van der Waals surface area contributed by atoms with E-state index >= 15 is 0 Å². The molecule has 4 rings (SSSR count). The van der Waals surface area contributed by atoms with Gasteiger partial charge in [-0.25, -0.2) is 0 Å². The van der Waals surface area contributed by atoms with E-state index in [1.165, 1.54) is 5.69 Å². The Bertz CT molecular complexity index is 855. The fourth-order valence-electron chi connectivity index (χ4n) is 3.66. The third-order valence-corrected chi connectivity index (χ3v) is 5.31. The second kappa shape index (κ2) is 8.46. The highest BCUT2D eigenvalue weighted by Gasteiger charge is 2.23. The van der Waals surface area contributed by atoms with Gasteiger partial charge >= 0.3 is 0 Å². The monoisotopic (exact) mass is 378 g/mol. The van der Waals surface area contributed by atoms with E-state index < -0.39 is 0 Å². The van der Waals surface area contributed by atoms with Crippen molar-refractivity contribution in [1.29, 1.82) is 0 Å². The van der Waals surface area contributed by atoms with Crippen molar-refractivity contribution < 1.29 is 9.53 Å². The van der Waals surface area contributed by atoms with Gasteiger partial charge in [-0.3, -0.25) is 9.69 Å². The maximum absolute atomic E-state index is 12.2. The Balaban J connectivity index is 1.36. The first-order valence-corrected chi connectivity index (χ1v) is 9.68. The third kappa shape index (κ3) is 4.03. The number of hydrogen-bond donors (Lipinski definition) is 2. The Morgan fingerprint density at radius 1 is 1.07 bits per heavy atom. The Morgan fingerprint density at radius 2 is 1.82 bits per heavy atom. The summed E-state index contributed by atoms with van der Waals surface area (Å²) in [6.45, 7) is 5.96. The first-order valence-electron chi connectivity index (χ1n) is 9.68. The molecule has 1 saturated heterocycles. The Hall–Kier alpha value is -2.83. The average molecular weight is 378 g/mol. The van der Waals surface area contributed by atoms with Gasteiger partial charge in [-0.2, -0.15) is 0 Å². The van der Waals surface area contributed by atoms with Crippen molar-refractivity contribution in [2.45, 2.75) is 0 Å². The van der Waals surface area contributed by atoms with Gasteiger partial charge in [0.2, 0.25) is 0 Å². The Labute approximate surface area is 165 Å². The molecule has 2 aliphatic heterocycles. The van der Waals surface area contributed by atoms with Gasteiger partial charge in [-0.1, -0.05) is 18.2 Å². The van der Waals surface area contributed by atoms with E-state index in [9.17, 15) is 4.79 Å². The summed E-state index contributed by atoms with van der Waals surface area (Å²) in [5.41, 5.74) is 4.65. The van der Waals surface area contributed by atoms with Gasteiger partial charge in [0.25, 0.3) is 5.91 Å². The summed E-state index contributed by atoms with van der Waals surface area (Å²) in [7, 11) is 1.75. The number of hydrogen-bond acceptors (Lipinski definition) is 5.